The van der Waals surface area contributed by atoms with Gasteiger partial charge in [0.1, 0.15) is 6.33 Å². The van der Waals surface area contributed by atoms with Crippen molar-refractivity contribution < 1.29 is 0 Å². The molecule has 0 bridgehead atoms. The number of aromatic nitrogens is 3. The number of para-hydroxylation sites is 1. The van der Waals surface area contributed by atoms with Crippen LogP contribution in [0.15, 0.2) is 55.1 Å². The maximum atomic E-state index is 4.55. The van der Waals surface area contributed by atoms with Gasteiger partial charge in [-0.15, -0.1) is 0 Å². The largest absolute Gasteiger partial charge is 0.305 e. The van der Waals surface area contributed by atoms with E-state index in [0.717, 1.165) is 35.1 Å². The van der Waals surface area contributed by atoms with Crippen LogP contribution in [0.5, 0.6) is 0 Å². The highest BCUT2D eigenvalue weighted by atomic mass is 15.0. The summed E-state index contributed by atoms with van der Waals surface area (Å²) in [5.41, 5.74) is 3.11. The van der Waals surface area contributed by atoms with Crippen LogP contribution in [-0.2, 0) is 0 Å². The van der Waals surface area contributed by atoms with Gasteiger partial charge in [0, 0.05) is 17.8 Å². The van der Waals surface area contributed by atoms with Crippen LogP contribution in [0.2, 0.25) is 0 Å². The van der Waals surface area contributed by atoms with Crippen LogP contribution in [0.4, 0.5) is 0 Å². The Morgan fingerprint density at radius 3 is 2.86 bits per heavy atom. The van der Waals surface area contributed by atoms with E-state index in [4.69, 9.17) is 0 Å². The second-order valence-corrected chi connectivity index (χ2v) is 4.98. The third-order valence-corrected chi connectivity index (χ3v) is 3.44. The summed E-state index contributed by atoms with van der Waals surface area (Å²) < 4.78 is 0. The van der Waals surface area contributed by atoms with Gasteiger partial charge >= 0.3 is 0 Å². The molecule has 21 heavy (non-hydrogen) atoms. The van der Waals surface area contributed by atoms with Crippen LogP contribution in [0.25, 0.3) is 10.9 Å². The highest BCUT2D eigenvalue weighted by molar-refractivity contribution is 5.78. The smallest absolute Gasteiger partial charge is 0.115 e. The van der Waals surface area contributed by atoms with Gasteiger partial charge in [-0.2, -0.15) is 0 Å². The highest BCUT2D eigenvalue weighted by Crippen LogP contribution is 2.22. The molecular formula is C17H18N4. The molecule has 4 heteroatoms. The fraction of sp³-hybridized carbons (Fsp3) is 0.235. The monoisotopic (exact) mass is 278 g/mol. The fourth-order valence-electron chi connectivity index (χ4n) is 2.40. The average molecular weight is 278 g/mol. The Bertz CT molecular complexity index is 712. The summed E-state index contributed by atoms with van der Waals surface area (Å²) in [4.78, 5) is 12.9. The first-order valence-corrected chi connectivity index (χ1v) is 7.22. The molecular weight excluding hydrogens is 260 g/mol. The van der Waals surface area contributed by atoms with Crippen LogP contribution >= 0.6 is 0 Å². The quantitative estimate of drug-likeness (QED) is 0.779. The molecule has 0 aliphatic rings. The van der Waals surface area contributed by atoms with Gasteiger partial charge in [0.15, 0.2) is 0 Å². The predicted octanol–water partition coefficient (Wildman–Crippen LogP) is 3.11. The van der Waals surface area contributed by atoms with Crippen LogP contribution in [0.1, 0.15) is 30.6 Å². The van der Waals surface area contributed by atoms with E-state index in [-0.39, 0.29) is 6.04 Å². The highest BCUT2D eigenvalue weighted by Gasteiger charge is 2.15. The lowest BCUT2D eigenvalue weighted by molar-refractivity contribution is 0.584. The topological polar surface area (TPSA) is 50.7 Å². The number of nitrogens with one attached hydrogen (secondary N) is 1. The normalized spacial score (nSPS) is 12.4. The Morgan fingerprint density at radius 2 is 2.05 bits per heavy atom. The first kappa shape index (κ1) is 13.6. The molecule has 2 heterocycles. The molecule has 0 radical (unpaired) electrons. The standard InChI is InChI=1S/C17H18N4/c1-2-8-19-17(16-7-9-18-12-21-16)14-10-13-5-3-4-6-15(13)20-11-14/h3-7,9-12,17,19H,2,8H2,1H3. The van der Waals surface area contributed by atoms with Gasteiger partial charge in [0.2, 0.25) is 0 Å². The van der Waals surface area contributed by atoms with Gasteiger partial charge in [0.25, 0.3) is 0 Å². The summed E-state index contributed by atoms with van der Waals surface area (Å²) in [5.74, 6) is 0. The van der Waals surface area contributed by atoms with E-state index in [1.54, 1.807) is 12.5 Å². The maximum absolute atomic E-state index is 4.55. The number of benzene rings is 1. The lowest BCUT2D eigenvalue weighted by Gasteiger charge is -2.18. The molecule has 106 valence electrons. The van der Waals surface area contributed by atoms with E-state index in [1.165, 1.54) is 0 Å². The van der Waals surface area contributed by atoms with Crippen molar-refractivity contribution in [1.82, 2.24) is 20.3 Å². The summed E-state index contributed by atoms with van der Waals surface area (Å²) in [6.07, 6.45) is 6.36. The summed E-state index contributed by atoms with van der Waals surface area (Å²) in [7, 11) is 0. The van der Waals surface area contributed by atoms with Crippen molar-refractivity contribution in [3.63, 3.8) is 0 Å². The number of hydrogen-bond donors (Lipinski definition) is 1. The summed E-state index contributed by atoms with van der Waals surface area (Å²) in [6, 6.07) is 12.3. The lowest BCUT2D eigenvalue weighted by atomic mass is 10.0. The first-order chi connectivity index (χ1) is 10.4. The summed E-state index contributed by atoms with van der Waals surface area (Å²) >= 11 is 0. The maximum Gasteiger partial charge on any atom is 0.115 e. The zero-order chi connectivity index (χ0) is 14.5. The number of pyridine rings is 1. The SMILES string of the molecule is CCCNC(c1cnc2ccccc2c1)c1ccncn1. The predicted molar refractivity (Wildman–Crippen MR) is 83.9 cm³/mol. The molecule has 0 fully saturated rings. The Hall–Kier alpha value is -2.33. The molecule has 1 atom stereocenters. The van der Waals surface area contributed by atoms with Gasteiger partial charge in [-0.1, -0.05) is 25.1 Å². The Labute approximate surface area is 124 Å². The molecule has 1 unspecified atom stereocenters. The van der Waals surface area contributed by atoms with Gasteiger partial charge in [-0.3, -0.25) is 4.98 Å². The molecule has 0 spiro atoms. The van der Waals surface area contributed by atoms with Crippen molar-refractivity contribution in [2.45, 2.75) is 19.4 Å². The van der Waals surface area contributed by atoms with Crippen LogP contribution < -0.4 is 5.32 Å². The van der Waals surface area contributed by atoms with Gasteiger partial charge in [-0.05, 0) is 36.7 Å². The molecule has 0 saturated heterocycles. The second-order valence-electron chi connectivity index (χ2n) is 4.98. The molecule has 3 aromatic rings. The van der Waals surface area contributed by atoms with Gasteiger partial charge in [0.05, 0.1) is 17.3 Å². The second kappa shape index (κ2) is 6.41. The number of hydrogen-bond acceptors (Lipinski definition) is 4. The van der Waals surface area contributed by atoms with E-state index in [1.807, 2.05) is 30.5 Å². The van der Waals surface area contributed by atoms with Crippen molar-refractivity contribution in [2.75, 3.05) is 6.54 Å². The zero-order valence-electron chi connectivity index (χ0n) is 12.0. The van der Waals surface area contributed by atoms with E-state index < -0.39 is 0 Å². The third kappa shape index (κ3) is 3.06. The molecule has 0 aliphatic heterocycles. The minimum Gasteiger partial charge on any atom is -0.305 e. The molecule has 4 nitrogen and oxygen atoms in total. The first-order valence-electron chi connectivity index (χ1n) is 7.22. The number of fused-ring (bicyclic) bond motifs is 1. The molecule has 1 N–H and O–H groups in total. The minimum absolute atomic E-state index is 0.0463. The number of rotatable bonds is 5. The Kier molecular flexibility index (Phi) is 4.17. The van der Waals surface area contributed by atoms with Crippen molar-refractivity contribution >= 4 is 10.9 Å². The third-order valence-electron chi connectivity index (χ3n) is 3.44. The molecule has 0 aliphatic carbocycles. The Balaban J connectivity index is 2.01. The summed E-state index contributed by atoms with van der Waals surface area (Å²) in [5, 5.41) is 4.68. The average Bonchev–Trinajstić information content (AvgIpc) is 2.56. The Morgan fingerprint density at radius 1 is 1.14 bits per heavy atom. The molecule has 2 aromatic heterocycles. The minimum atomic E-state index is 0.0463. The van der Waals surface area contributed by atoms with Crippen molar-refractivity contribution in [1.29, 1.82) is 0 Å². The van der Waals surface area contributed by atoms with Gasteiger partial charge in [-0.25, -0.2) is 9.97 Å². The molecule has 1 aromatic carbocycles. The van der Waals surface area contributed by atoms with Crippen LogP contribution in [0, 0.1) is 0 Å². The van der Waals surface area contributed by atoms with Gasteiger partial charge < -0.3 is 5.32 Å². The summed E-state index contributed by atoms with van der Waals surface area (Å²) in [6.45, 7) is 3.09. The molecule has 0 amide bonds. The van der Waals surface area contributed by atoms with E-state index in [9.17, 15) is 0 Å². The van der Waals surface area contributed by atoms with Crippen molar-refractivity contribution in [2.24, 2.45) is 0 Å². The number of nitrogens with zero attached hydrogens (tertiary/aromatic N) is 3. The lowest BCUT2D eigenvalue weighted by Crippen LogP contribution is -2.24. The zero-order valence-corrected chi connectivity index (χ0v) is 12.0. The fourth-order valence-corrected chi connectivity index (χ4v) is 2.40. The van der Waals surface area contributed by atoms with E-state index in [2.05, 4.69) is 39.3 Å². The molecule has 3 rings (SSSR count). The van der Waals surface area contributed by atoms with Crippen LogP contribution in [0.3, 0.4) is 0 Å². The molecule has 0 saturated carbocycles. The van der Waals surface area contributed by atoms with Crippen molar-refractivity contribution in [3.05, 3.63) is 66.4 Å². The van der Waals surface area contributed by atoms with E-state index in [0.29, 0.717) is 0 Å². The van der Waals surface area contributed by atoms with E-state index >= 15 is 0 Å². The van der Waals surface area contributed by atoms with Crippen molar-refractivity contribution in [3.8, 4) is 0 Å². The van der Waals surface area contributed by atoms with Crippen LogP contribution in [-0.4, -0.2) is 21.5 Å².